The molecule has 92 valence electrons. The standard InChI is InChI=1S/C11H12BrClN2O2/c1-6-10(13)8(15(2)14-6)5-9(16)7-3-4-17-11(7)12/h3-4,9,16H,5H2,1-2H3. The van der Waals surface area contributed by atoms with E-state index in [1.807, 2.05) is 14.0 Å². The van der Waals surface area contributed by atoms with Crippen molar-refractivity contribution in [3.05, 3.63) is 39.0 Å². The van der Waals surface area contributed by atoms with Gasteiger partial charge in [-0.25, -0.2) is 0 Å². The molecule has 0 saturated heterocycles. The largest absolute Gasteiger partial charge is 0.457 e. The highest BCUT2D eigenvalue weighted by molar-refractivity contribution is 9.10. The number of hydrogen-bond donors (Lipinski definition) is 1. The number of aromatic nitrogens is 2. The number of aliphatic hydroxyl groups excluding tert-OH is 1. The van der Waals surface area contributed by atoms with Crippen molar-refractivity contribution in [3.63, 3.8) is 0 Å². The highest BCUT2D eigenvalue weighted by Gasteiger charge is 2.19. The van der Waals surface area contributed by atoms with E-state index < -0.39 is 6.10 Å². The second-order valence-electron chi connectivity index (χ2n) is 3.84. The number of furan rings is 1. The molecule has 0 radical (unpaired) electrons. The molecule has 2 heterocycles. The fourth-order valence-corrected chi connectivity index (χ4v) is 2.48. The van der Waals surface area contributed by atoms with Crippen molar-refractivity contribution in [2.24, 2.45) is 7.05 Å². The summed E-state index contributed by atoms with van der Waals surface area (Å²) < 4.78 is 7.32. The van der Waals surface area contributed by atoms with Crippen LogP contribution in [0.1, 0.15) is 23.1 Å². The second-order valence-corrected chi connectivity index (χ2v) is 4.94. The molecular formula is C11H12BrClN2O2. The van der Waals surface area contributed by atoms with Crippen molar-refractivity contribution < 1.29 is 9.52 Å². The van der Waals surface area contributed by atoms with Gasteiger partial charge in [0.15, 0.2) is 4.67 Å². The van der Waals surface area contributed by atoms with E-state index in [9.17, 15) is 5.11 Å². The molecule has 2 rings (SSSR count). The van der Waals surface area contributed by atoms with Gasteiger partial charge in [-0.05, 0) is 28.9 Å². The third-order valence-corrected chi connectivity index (χ3v) is 3.79. The molecule has 0 aromatic carbocycles. The minimum absolute atomic E-state index is 0.397. The van der Waals surface area contributed by atoms with Gasteiger partial charge >= 0.3 is 0 Å². The molecule has 1 N–H and O–H groups in total. The van der Waals surface area contributed by atoms with Crippen molar-refractivity contribution in [2.45, 2.75) is 19.4 Å². The van der Waals surface area contributed by atoms with Crippen LogP contribution in [0.3, 0.4) is 0 Å². The van der Waals surface area contributed by atoms with Gasteiger partial charge in [-0.3, -0.25) is 4.68 Å². The van der Waals surface area contributed by atoms with Crippen LogP contribution in [0.15, 0.2) is 21.4 Å². The SMILES string of the molecule is Cc1nn(C)c(CC(O)c2ccoc2Br)c1Cl. The molecular weight excluding hydrogens is 307 g/mol. The van der Waals surface area contributed by atoms with E-state index >= 15 is 0 Å². The fourth-order valence-electron chi connectivity index (χ4n) is 1.74. The Bertz CT molecular complexity index is 536. The predicted octanol–water partition coefficient (Wildman–Crippen LogP) is 3.01. The average molecular weight is 320 g/mol. The van der Waals surface area contributed by atoms with Crippen LogP contribution in [0.2, 0.25) is 5.02 Å². The first-order chi connectivity index (χ1) is 8.00. The lowest BCUT2D eigenvalue weighted by molar-refractivity contribution is 0.173. The van der Waals surface area contributed by atoms with Crippen LogP contribution in [-0.2, 0) is 13.5 Å². The van der Waals surface area contributed by atoms with Crippen LogP contribution >= 0.6 is 27.5 Å². The number of halogens is 2. The summed E-state index contributed by atoms with van der Waals surface area (Å²) >= 11 is 9.37. The van der Waals surface area contributed by atoms with Crippen LogP contribution in [0.25, 0.3) is 0 Å². The van der Waals surface area contributed by atoms with E-state index in [2.05, 4.69) is 21.0 Å². The van der Waals surface area contributed by atoms with Crippen molar-refractivity contribution >= 4 is 27.5 Å². The molecule has 17 heavy (non-hydrogen) atoms. The molecule has 2 aromatic heterocycles. The van der Waals surface area contributed by atoms with Crippen LogP contribution < -0.4 is 0 Å². The molecule has 0 aliphatic heterocycles. The van der Waals surface area contributed by atoms with Crippen molar-refractivity contribution in [1.29, 1.82) is 0 Å². The summed E-state index contributed by atoms with van der Waals surface area (Å²) in [5.74, 6) is 0. The predicted molar refractivity (Wildman–Crippen MR) is 68.0 cm³/mol. The van der Waals surface area contributed by atoms with Gasteiger partial charge in [-0.15, -0.1) is 0 Å². The Morgan fingerprint density at radius 2 is 2.35 bits per heavy atom. The van der Waals surface area contributed by atoms with E-state index in [0.29, 0.717) is 21.7 Å². The topological polar surface area (TPSA) is 51.2 Å². The Morgan fingerprint density at radius 1 is 1.65 bits per heavy atom. The zero-order chi connectivity index (χ0) is 12.6. The molecule has 4 nitrogen and oxygen atoms in total. The summed E-state index contributed by atoms with van der Waals surface area (Å²) in [5.41, 5.74) is 2.28. The minimum atomic E-state index is -0.671. The van der Waals surface area contributed by atoms with Gasteiger partial charge in [0.2, 0.25) is 0 Å². The summed E-state index contributed by atoms with van der Waals surface area (Å²) in [6.07, 6.45) is 1.25. The first-order valence-corrected chi connectivity index (χ1v) is 6.26. The van der Waals surface area contributed by atoms with Crippen molar-refractivity contribution in [2.75, 3.05) is 0 Å². The summed E-state index contributed by atoms with van der Waals surface area (Å²) in [5, 5.41) is 14.9. The summed E-state index contributed by atoms with van der Waals surface area (Å²) in [7, 11) is 1.81. The molecule has 2 aromatic rings. The van der Waals surface area contributed by atoms with Crippen LogP contribution in [0.5, 0.6) is 0 Å². The lowest BCUT2D eigenvalue weighted by Crippen LogP contribution is -2.06. The van der Waals surface area contributed by atoms with Crippen LogP contribution in [0, 0.1) is 6.92 Å². The van der Waals surface area contributed by atoms with Gasteiger partial charge in [0.05, 0.1) is 28.8 Å². The van der Waals surface area contributed by atoms with E-state index in [4.69, 9.17) is 16.0 Å². The van der Waals surface area contributed by atoms with Gasteiger partial charge < -0.3 is 9.52 Å². The molecule has 0 bridgehead atoms. The highest BCUT2D eigenvalue weighted by Crippen LogP contribution is 2.29. The molecule has 0 amide bonds. The first kappa shape index (κ1) is 12.7. The fraction of sp³-hybridized carbons (Fsp3) is 0.364. The van der Waals surface area contributed by atoms with Gasteiger partial charge in [-0.2, -0.15) is 5.10 Å². The number of aliphatic hydroxyl groups is 1. The Hall–Kier alpha value is -0.780. The normalized spacial score (nSPS) is 13.0. The molecule has 1 unspecified atom stereocenters. The monoisotopic (exact) mass is 318 g/mol. The van der Waals surface area contributed by atoms with Gasteiger partial charge in [0.1, 0.15) is 0 Å². The molecule has 6 heteroatoms. The van der Waals surface area contributed by atoms with E-state index in [0.717, 1.165) is 11.4 Å². The van der Waals surface area contributed by atoms with Crippen molar-refractivity contribution in [1.82, 2.24) is 9.78 Å². The van der Waals surface area contributed by atoms with E-state index in [1.165, 1.54) is 6.26 Å². The molecule has 0 spiro atoms. The summed E-state index contributed by atoms with van der Waals surface area (Å²) in [6, 6.07) is 1.73. The Kier molecular flexibility index (Phi) is 3.61. The molecule has 0 saturated carbocycles. The number of rotatable bonds is 3. The Labute approximate surface area is 112 Å². The lowest BCUT2D eigenvalue weighted by atomic mass is 10.1. The quantitative estimate of drug-likeness (QED) is 0.946. The third kappa shape index (κ3) is 2.41. The Morgan fingerprint density at radius 3 is 2.82 bits per heavy atom. The summed E-state index contributed by atoms with van der Waals surface area (Å²) in [6.45, 7) is 1.84. The van der Waals surface area contributed by atoms with Gasteiger partial charge in [0.25, 0.3) is 0 Å². The number of nitrogens with zero attached hydrogens (tertiary/aromatic N) is 2. The second kappa shape index (κ2) is 4.84. The molecule has 0 fully saturated rings. The third-order valence-electron chi connectivity index (χ3n) is 2.65. The highest BCUT2D eigenvalue weighted by atomic mass is 79.9. The minimum Gasteiger partial charge on any atom is -0.457 e. The number of aryl methyl sites for hydroxylation is 2. The molecule has 1 atom stereocenters. The zero-order valence-corrected chi connectivity index (χ0v) is 11.8. The maximum absolute atomic E-state index is 10.1. The van der Waals surface area contributed by atoms with E-state index in [-0.39, 0.29) is 0 Å². The Balaban J connectivity index is 2.24. The first-order valence-electron chi connectivity index (χ1n) is 5.09. The average Bonchev–Trinajstić information content (AvgIpc) is 2.78. The van der Waals surface area contributed by atoms with Crippen molar-refractivity contribution in [3.8, 4) is 0 Å². The van der Waals surface area contributed by atoms with Crippen LogP contribution in [0.4, 0.5) is 0 Å². The maximum atomic E-state index is 10.1. The van der Waals surface area contributed by atoms with Gasteiger partial charge in [-0.1, -0.05) is 11.6 Å². The van der Waals surface area contributed by atoms with E-state index in [1.54, 1.807) is 10.7 Å². The summed E-state index contributed by atoms with van der Waals surface area (Å²) in [4.78, 5) is 0. The van der Waals surface area contributed by atoms with Gasteiger partial charge in [0, 0.05) is 19.0 Å². The lowest BCUT2D eigenvalue weighted by Gasteiger charge is -2.09. The smallest absolute Gasteiger partial charge is 0.174 e. The van der Waals surface area contributed by atoms with Crippen LogP contribution in [-0.4, -0.2) is 14.9 Å². The number of hydrogen-bond acceptors (Lipinski definition) is 3. The molecule has 0 aliphatic carbocycles. The maximum Gasteiger partial charge on any atom is 0.174 e. The zero-order valence-electron chi connectivity index (χ0n) is 9.44. The molecule has 0 aliphatic rings.